The van der Waals surface area contributed by atoms with Gasteiger partial charge in [-0.1, -0.05) is 26.2 Å². The van der Waals surface area contributed by atoms with E-state index in [1.165, 1.54) is 37.8 Å². The molecule has 1 aliphatic carbocycles. The summed E-state index contributed by atoms with van der Waals surface area (Å²) in [5.74, 6) is 2.34. The summed E-state index contributed by atoms with van der Waals surface area (Å²) >= 11 is 1.71. The third-order valence-corrected chi connectivity index (χ3v) is 5.63. The molecule has 0 aliphatic heterocycles. The standard InChI is InChI=1S/C16H25N3S/c1-2-3-12-4-5-13(10-17)14(8-12)9-15-11-19-6-7-20-16(19)18-15/h6-7,11-14H,2-5,8-10,17H2,1H3. The lowest BCUT2D eigenvalue weighted by Crippen LogP contribution is -2.31. The minimum atomic E-state index is 0.697. The molecule has 1 saturated carbocycles. The van der Waals surface area contributed by atoms with E-state index < -0.39 is 0 Å². The minimum absolute atomic E-state index is 0.697. The van der Waals surface area contributed by atoms with Gasteiger partial charge in [-0.25, -0.2) is 4.98 Å². The van der Waals surface area contributed by atoms with Crippen LogP contribution in [0.25, 0.3) is 4.96 Å². The molecule has 2 aromatic rings. The number of hydrogen-bond acceptors (Lipinski definition) is 3. The normalized spacial score (nSPS) is 27.2. The lowest BCUT2D eigenvalue weighted by molar-refractivity contribution is 0.175. The highest BCUT2D eigenvalue weighted by Gasteiger charge is 2.29. The zero-order valence-electron chi connectivity index (χ0n) is 12.3. The predicted molar refractivity (Wildman–Crippen MR) is 85.1 cm³/mol. The second-order valence-electron chi connectivity index (χ2n) is 6.25. The van der Waals surface area contributed by atoms with Crippen LogP contribution in [-0.2, 0) is 6.42 Å². The molecule has 0 radical (unpaired) electrons. The van der Waals surface area contributed by atoms with E-state index in [4.69, 9.17) is 10.7 Å². The van der Waals surface area contributed by atoms with E-state index in [0.717, 1.165) is 29.8 Å². The maximum atomic E-state index is 6.00. The molecule has 1 aliphatic rings. The SMILES string of the molecule is CCCC1CCC(CN)C(Cc2cn3ccsc3n2)C1. The highest BCUT2D eigenvalue weighted by Crippen LogP contribution is 2.37. The van der Waals surface area contributed by atoms with Crippen molar-refractivity contribution < 1.29 is 0 Å². The zero-order chi connectivity index (χ0) is 13.9. The van der Waals surface area contributed by atoms with Gasteiger partial charge in [0, 0.05) is 17.8 Å². The fraction of sp³-hybridized carbons (Fsp3) is 0.688. The monoisotopic (exact) mass is 291 g/mol. The molecular weight excluding hydrogens is 266 g/mol. The summed E-state index contributed by atoms with van der Waals surface area (Å²) < 4.78 is 2.14. The van der Waals surface area contributed by atoms with Crippen LogP contribution in [-0.4, -0.2) is 15.9 Å². The van der Waals surface area contributed by atoms with Crippen LogP contribution in [0.2, 0.25) is 0 Å². The second-order valence-corrected chi connectivity index (χ2v) is 7.13. The van der Waals surface area contributed by atoms with Crippen molar-refractivity contribution in [2.24, 2.45) is 23.5 Å². The predicted octanol–water partition coefficient (Wildman–Crippen LogP) is 3.73. The molecule has 110 valence electrons. The van der Waals surface area contributed by atoms with E-state index in [1.807, 2.05) is 0 Å². The smallest absolute Gasteiger partial charge is 0.193 e. The van der Waals surface area contributed by atoms with Crippen molar-refractivity contribution in [1.29, 1.82) is 0 Å². The summed E-state index contributed by atoms with van der Waals surface area (Å²) in [6, 6.07) is 0. The third-order valence-electron chi connectivity index (χ3n) is 4.86. The van der Waals surface area contributed by atoms with Crippen molar-refractivity contribution in [3.63, 3.8) is 0 Å². The topological polar surface area (TPSA) is 43.3 Å². The molecule has 1 fully saturated rings. The van der Waals surface area contributed by atoms with Gasteiger partial charge in [0.1, 0.15) is 0 Å². The van der Waals surface area contributed by atoms with E-state index in [9.17, 15) is 0 Å². The summed E-state index contributed by atoms with van der Waals surface area (Å²) in [5, 5.41) is 2.09. The molecule has 2 heterocycles. The van der Waals surface area contributed by atoms with Gasteiger partial charge in [-0.05, 0) is 43.6 Å². The first-order valence-corrected chi connectivity index (χ1v) is 8.79. The number of rotatable bonds is 5. The molecule has 2 N–H and O–H groups in total. The van der Waals surface area contributed by atoms with Gasteiger partial charge >= 0.3 is 0 Å². The molecule has 4 heteroatoms. The molecule has 0 spiro atoms. The van der Waals surface area contributed by atoms with E-state index in [2.05, 4.69) is 29.1 Å². The third kappa shape index (κ3) is 2.91. The summed E-state index contributed by atoms with van der Waals surface area (Å²) in [4.78, 5) is 5.86. The maximum Gasteiger partial charge on any atom is 0.193 e. The van der Waals surface area contributed by atoms with Crippen molar-refractivity contribution in [3.05, 3.63) is 23.5 Å². The second kappa shape index (κ2) is 6.27. The van der Waals surface area contributed by atoms with Crippen LogP contribution < -0.4 is 5.73 Å². The Kier molecular flexibility index (Phi) is 4.41. The Labute approximate surface area is 125 Å². The van der Waals surface area contributed by atoms with Gasteiger partial charge in [0.2, 0.25) is 0 Å². The largest absolute Gasteiger partial charge is 0.330 e. The first-order valence-electron chi connectivity index (χ1n) is 7.91. The van der Waals surface area contributed by atoms with Crippen LogP contribution >= 0.6 is 11.3 Å². The molecule has 0 aromatic carbocycles. The van der Waals surface area contributed by atoms with Gasteiger partial charge < -0.3 is 5.73 Å². The highest BCUT2D eigenvalue weighted by atomic mass is 32.1. The van der Waals surface area contributed by atoms with Gasteiger partial charge in [-0.15, -0.1) is 11.3 Å². The van der Waals surface area contributed by atoms with Crippen LogP contribution in [0.3, 0.4) is 0 Å². The molecule has 0 amide bonds. The van der Waals surface area contributed by atoms with Crippen molar-refractivity contribution in [2.75, 3.05) is 6.54 Å². The molecule has 3 rings (SSSR count). The Morgan fingerprint density at radius 3 is 3.05 bits per heavy atom. The first kappa shape index (κ1) is 14.1. The van der Waals surface area contributed by atoms with Crippen molar-refractivity contribution in [2.45, 2.75) is 45.4 Å². The number of hydrogen-bond donors (Lipinski definition) is 1. The Balaban J connectivity index is 1.70. The maximum absolute atomic E-state index is 6.00. The van der Waals surface area contributed by atoms with Crippen LogP contribution in [0.4, 0.5) is 0 Å². The molecule has 2 aromatic heterocycles. The van der Waals surface area contributed by atoms with Crippen LogP contribution in [0.15, 0.2) is 17.8 Å². The zero-order valence-corrected chi connectivity index (χ0v) is 13.1. The number of fused-ring (bicyclic) bond motifs is 1. The Morgan fingerprint density at radius 1 is 1.40 bits per heavy atom. The average Bonchev–Trinajstić information content (AvgIpc) is 3.00. The highest BCUT2D eigenvalue weighted by molar-refractivity contribution is 7.15. The molecule has 3 unspecified atom stereocenters. The lowest BCUT2D eigenvalue weighted by Gasteiger charge is -2.35. The van der Waals surface area contributed by atoms with E-state index in [1.54, 1.807) is 11.3 Å². The van der Waals surface area contributed by atoms with Gasteiger partial charge in [0.15, 0.2) is 4.96 Å². The number of thiazole rings is 1. The van der Waals surface area contributed by atoms with Crippen molar-refractivity contribution in [1.82, 2.24) is 9.38 Å². The van der Waals surface area contributed by atoms with Crippen molar-refractivity contribution in [3.8, 4) is 0 Å². The number of nitrogens with two attached hydrogens (primary N) is 1. The average molecular weight is 291 g/mol. The minimum Gasteiger partial charge on any atom is -0.330 e. The molecular formula is C16H25N3S. The lowest BCUT2D eigenvalue weighted by atomic mass is 9.71. The summed E-state index contributed by atoms with van der Waals surface area (Å²) in [6.07, 6.45) is 12.1. The quantitative estimate of drug-likeness (QED) is 0.912. The van der Waals surface area contributed by atoms with E-state index >= 15 is 0 Å². The van der Waals surface area contributed by atoms with Crippen LogP contribution in [0.1, 0.15) is 44.7 Å². The first-order chi connectivity index (χ1) is 9.80. The Bertz CT molecular complexity index is 516. The summed E-state index contributed by atoms with van der Waals surface area (Å²) in [5.41, 5.74) is 7.25. The van der Waals surface area contributed by atoms with Gasteiger partial charge in [0.25, 0.3) is 0 Å². The fourth-order valence-corrected chi connectivity index (χ4v) is 4.52. The molecule has 20 heavy (non-hydrogen) atoms. The van der Waals surface area contributed by atoms with E-state index in [-0.39, 0.29) is 0 Å². The Hall–Kier alpha value is -0.870. The number of aromatic nitrogens is 2. The molecule has 0 bridgehead atoms. The summed E-state index contributed by atoms with van der Waals surface area (Å²) in [6.45, 7) is 3.14. The van der Waals surface area contributed by atoms with Gasteiger partial charge in [0.05, 0.1) is 5.69 Å². The van der Waals surface area contributed by atoms with Crippen molar-refractivity contribution >= 4 is 16.3 Å². The Morgan fingerprint density at radius 2 is 2.30 bits per heavy atom. The fourth-order valence-electron chi connectivity index (χ4n) is 3.80. The molecule has 3 atom stereocenters. The van der Waals surface area contributed by atoms with Crippen LogP contribution in [0.5, 0.6) is 0 Å². The summed E-state index contributed by atoms with van der Waals surface area (Å²) in [7, 11) is 0. The molecule has 3 nitrogen and oxygen atoms in total. The number of imidazole rings is 1. The van der Waals surface area contributed by atoms with Crippen LogP contribution in [0, 0.1) is 17.8 Å². The van der Waals surface area contributed by atoms with Gasteiger partial charge in [-0.3, -0.25) is 4.40 Å². The van der Waals surface area contributed by atoms with Gasteiger partial charge in [-0.2, -0.15) is 0 Å². The number of nitrogens with zero attached hydrogens (tertiary/aromatic N) is 2. The molecule has 0 saturated heterocycles. The van der Waals surface area contributed by atoms with E-state index in [0.29, 0.717) is 5.92 Å².